The van der Waals surface area contributed by atoms with Crippen LogP contribution in [0.15, 0.2) is 54.7 Å². The Morgan fingerprint density at radius 2 is 1.75 bits per heavy atom. The Kier molecular flexibility index (Phi) is 5.70. The van der Waals surface area contributed by atoms with E-state index in [-0.39, 0.29) is 17.7 Å². The monoisotopic (exact) mass is 377 g/mol. The molecule has 2 aromatic rings. The zero-order chi connectivity index (χ0) is 19.3. The van der Waals surface area contributed by atoms with E-state index in [2.05, 4.69) is 29.2 Å². The quantitative estimate of drug-likeness (QED) is 0.822. The largest absolute Gasteiger partial charge is 0.342 e. The van der Waals surface area contributed by atoms with Crippen LogP contribution in [0.3, 0.4) is 0 Å². The highest BCUT2D eigenvalue weighted by Gasteiger charge is 2.34. The van der Waals surface area contributed by atoms with E-state index in [1.165, 1.54) is 5.56 Å². The summed E-state index contributed by atoms with van der Waals surface area (Å²) in [6.45, 7) is 2.61. The maximum absolute atomic E-state index is 13.1. The minimum absolute atomic E-state index is 0.0883. The Morgan fingerprint density at radius 1 is 1.00 bits per heavy atom. The summed E-state index contributed by atoms with van der Waals surface area (Å²) in [7, 11) is 0. The van der Waals surface area contributed by atoms with Gasteiger partial charge in [-0.15, -0.1) is 0 Å². The van der Waals surface area contributed by atoms with Crippen molar-refractivity contribution in [2.45, 2.75) is 38.1 Å². The number of hydrogen-bond acceptors (Lipinski definition) is 3. The van der Waals surface area contributed by atoms with E-state index in [4.69, 9.17) is 0 Å². The summed E-state index contributed by atoms with van der Waals surface area (Å²) >= 11 is 0. The Bertz CT molecular complexity index is 801. The van der Waals surface area contributed by atoms with E-state index in [0.717, 1.165) is 31.6 Å². The number of nitrogens with zero attached hydrogens (tertiary/aromatic N) is 3. The first-order chi connectivity index (χ1) is 13.7. The van der Waals surface area contributed by atoms with Crippen molar-refractivity contribution in [3.8, 4) is 0 Å². The molecule has 0 radical (unpaired) electrons. The highest BCUT2D eigenvalue weighted by Crippen LogP contribution is 2.29. The van der Waals surface area contributed by atoms with Crippen LogP contribution in [0.5, 0.6) is 0 Å². The summed E-state index contributed by atoms with van der Waals surface area (Å²) in [4.78, 5) is 33.5. The second-order valence-electron chi connectivity index (χ2n) is 7.84. The lowest BCUT2D eigenvalue weighted by Gasteiger charge is -2.37. The average molecular weight is 377 g/mol. The standard InChI is InChI=1S/C23H27N3O2/c27-22-10-9-20(16-26(22)17-21-8-4-5-13-24-21)23(28)25-14-11-19(12-15-25)18-6-2-1-3-7-18/h1-8,13,19-20H,9-12,14-17H2/t20-/m1/s1. The van der Waals surface area contributed by atoms with Crippen LogP contribution in [-0.2, 0) is 16.1 Å². The number of carbonyl (C=O) groups is 2. The number of amides is 2. The molecule has 0 aliphatic carbocycles. The van der Waals surface area contributed by atoms with Crippen LogP contribution >= 0.6 is 0 Å². The maximum Gasteiger partial charge on any atom is 0.227 e. The fourth-order valence-corrected chi connectivity index (χ4v) is 4.37. The smallest absolute Gasteiger partial charge is 0.227 e. The van der Waals surface area contributed by atoms with E-state index in [1.54, 1.807) is 11.1 Å². The van der Waals surface area contributed by atoms with Gasteiger partial charge in [-0.05, 0) is 42.9 Å². The van der Waals surface area contributed by atoms with Crippen LogP contribution in [0.1, 0.15) is 42.9 Å². The number of rotatable bonds is 4. The zero-order valence-corrected chi connectivity index (χ0v) is 16.2. The summed E-state index contributed by atoms with van der Waals surface area (Å²) in [6, 6.07) is 16.3. The molecule has 5 nitrogen and oxygen atoms in total. The minimum Gasteiger partial charge on any atom is -0.342 e. The van der Waals surface area contributed by atoms with Crippen molar-refractivity contribution in [2.24, 2.45) is 5.92 Å². The number of benzene rings is 1. The Balaban J connectivity index is 1.34. The highest BCUT2D eigenvalue weighted by atomic mass is 16.2. The van der Waals surface area contributed by atoms with Crippen LogP contribution in [-0.4, -0.2) is 46.2 Å². The topological polar surface area (TPSA) is 53.5 Å². The molecule has 5 heteroatoms. The lowest BCUT2D eigenvalue weighted by molar-refractivity contribution is -0.144. The minimum atomic E-state index is -0.0883. The second-order valence-corrected chi connectivity index (χ2v) is 7.84. The van der Waals surface area contributed by atoms with Gasteiger partial charge in [0.2, 0.25) is 11.8 Å². The molecule has 2 aliphatic rings. The molecule has 2 saturated heterocycles. The number of aromatic nitrogens is 1. The molecule has 0 bridgehead atoms. The lowest BCUT2D eigenvalue weighted by Crippen LogP contribution is -2.48. The Hall–Kier alpha value is -2.69. The molecule has 1 aromatic carbocycles. The predicted molar refractivity (Wildman–Crippen MR) is 107 cm³/mol. The molecule has 0 unspecified atom stereocenters. The van der Waals surface area contributed by atoms with E-state index < -0.39 is 0 Å². The van der Waals surface area contributed by atoms with Crippen molar-refractivity contribution in [1.82, 2.24) is 14.8 Å². The van der Waals surface area contributed by atoms with Gasteiger partial charge in [0.1, 0.15) is 0 Å². The lowest BCUT2D eigenvalue weighted by atomic mass is 9.88. The van der Waals surface area contributed by atoms with Gasteiger partial charge in [-0.25, -0.2) is 0 Å². The SMILES string of the molecule is O=C1CC[C@@H](C(=O)N2CCC(c3ccccc3)CC2)CN1Cc1ccccn1. The molecule has 1 atom stereocenters. The normalized spacial score (nSPS) is 21.0. The Morgan fingerprint density at radius 3 is 2.46 bits per heavy atom. The first-order valence-corrected chi connectivity index (χ1v) is 10.2. The molecule has 2 aliphatic heterocycles. The molecular formula is C23H27N3O2. The van der Waals surface area contributed by atoms with Gasteiger partial charge >= 0.3 is 0 Å². The first-order valence-electron chi connectivity index (χ1n) is 10.2. The van der Waals surface area contributed by atoms with Crippen LogP contribution < -0.4 is 0 Å². The van der Waals surface area contributed by atoms with Crippen molar-refractivity contribution >= 4 is 11.8 Å². The van der Waals surface area contributed by atoms with Crippen LogP contribution in [0, 0.1) is 5.92 Å². The van der Waals surface area contributed by atoms with Gasteiger partial charge in [0.15, 0.2) is 0 Å². The first kappa shape index (κ1) is 18.7. The van der Waals surface area contributed by atoms with Crippen molar-refractivity contribution in [3.63, 3.8) is 0 Å². The van der Waals surface area contributed by atoms with E-state index in [0.29, 0.717) is 31.8 Å². The third-order valence-corrected chi connectivity index (χ3v) is 6.01. The van der Waals surface area contributed by atoms with Gasteiger partial charge < -0.3 is 9.80 Å². The number of likely N-dealkylation sites (tertiary alicyclic amines) is 2. The predicted octanol–water partition coefficient (Wildman–Crippen LogP) is 3.23. The molecule has 0 N–H and O–H groups in total. The third-order valence-electron chi connectivity index (χ3n) is 6.01. The number of pyridine rings is 1. The third kappa shape index (κ3) is 4.24. The van der Waals surface area contributed by atoms with E-state index in [9.17, 15) is 9.59 Å². The molecule has 3 heterocycles. The summed E-state index contributed by atoms with van der Waals surface area (Å²) in [5, 5.41) is 0. The molecule has 2 fully saturated rings. The van der Waals surface area contributed by atoms with Crippen LogP contribution in [0.4, 0.5) is 0 Å². The molecule has 0 spiro atoms. The van der Waals surface area contributed by atoms with Gasteiger partial charge in [-0.2, -0.15) is 0 Å². The number of piperidine rings is 2. The van der Waals surface area contributed by atoms with Gasteiger partial charge in [-0.1, -0.05) is 36.4 Å². The molecular weight excluding hydrogens is 350 g/mol. The second kappa shape index (κ2) is 8.55. The summed E-state index contributed by atoms with van der Waals surface area (Å²) < 4.78 is 0. The molecule has 0 saturated carbocycles. The van der Waals surface area contributed by atoms with Crippen molar-refractivity contribution < 1.29 is 9.59 Å². The van der Waals surface area contributed by atoms with E-state index in [1.807, 2.05) is 29.2 Å². The van der Waals surface area contributed by atoms with Gasteiger partial charge in [0.05, 0.1) is 18.2 Å². The fraction of sp³-hybridized carbons (Fsp3) is 0.435. The van der Waals surface area contributed by atoms with E-state index >= 15 is 0 Å². The Labute approximate surface area is 166 Å². The van der Waals surface area contributed by atoms with Crippen molar-refractivity contribution in [2.75, 3.05) is 19.6 Å². The highest BCUT2D eigenvalue weighted by molar-refractivity contribution is 5.84. The average Bonchev–Trinajstić information content (AvgIpc) is 2.76. The van der Waals surface area contributed by atoms with Crippen molar-refractivity contribution in [3.05, 3.63) is 66.0 Å². The maximum atomic E-state index is 13.1. The van der Waals surface area contributed by atoms with Crippen molar-refractivity contribution in [1.29, 1.82) is 0 Å². The van der Waals surface area contributed by atoms with Crippen LogP contribution in [0.25, 0.3) is 0 Å². The summed E-state index contributed by atoms with van der Waals surface area (Å²) in [5.74, 6) is 0.788. The summed E-state index contributed by atoms with van der Waals surface area (Å²) in [6.07, 6.45) is 4.88. The molecule has 146 valence electrons. The van der Waals surface area contributed by atoms with Crippen LogP contribution in [0.2, 0.25) is 0 Å². The molecule has 28 heavy (non-hydrogen) atoms. The van der Waals surface area contributed by atoms with Gasteiger partial charge in [-0.3, -0.25) is 14.6 Å². The summed E-state index contributed by atoms with van der Waals surface area (Å²) in [5.41, 5.74) is 2.24. The number of hydrogen-bond donors (Lipinski definition) is 0. The van der Waals surface area contributed by atoms with Gasteiger partial charge in [0.25, 0.3) is 0 Å². The zero-order valence-electron chi connectivity index (χ0n) is 16.2. The molecule has 1 aromatic heterocycles. The fourth-order valence-electron chi connectivity index (χ4n) is 4.37. The molecule has 2 amide bonds. The molecule has 4 rings (SSSR count). The number of carbonyl (C=O) groups excluding carboxylic acids is 2. The van der Waals surface area contributed by atoms with Gasteiger partial charge in [0, 0.05) is 32.3 Å².